The number of ether oxygens (including phenoxy) is 1. The molecule has 8 nitrogen and oxygen atoms in total. The minimum Gasteiger partial charge on any atom is -0.464 e. The third kappa shape index (κ3) is 2.85. The number of sulfonamides is 1. The molecule has 0 saturated heterocycles. The van der Waals surface area contributed by atoms with Gasteiger partial charge in [-0.25, -0.2) is 4.79 Å². The van der Waals surface area contributed by atoms with E-state index in [0.717, 1.165) is 17.1 Å². The van der Waals surface area contributed by atoms with Crippen LogP contribution in [0.25, 0.3) is 11.0 Å². The van der Waals surface area contributed by atoms with Crippen LogP contribution in [0.4, 0.5) is 5.69 Å². The Labute approximate surface area is 137 Å². The number of carbonyl (C=O) groups is 1. The van der Waals surface area contributed by atoms with Crippen LogP contribution in [0.5, 0.6) is 0 Å². The minimum atomic E-state index is -4.03. The van der Waals surface area contributed by atoms with Gasteiger partial charge in [-0.05, 0) is 37.6 Å². The Morgan fingerprint density at radius 2 is 2.21 bits per heavy atom. The number of fused-ring (bicyclic) bond motifs is 1. The van der Waals surface area contributed by atoms with E-state index in [-0.39, 0.29) is 17.2 Å². The molecule has 2 heterocycles. The van der Waals surface area contributed by atoms with Gasteiger partial charge in [-0.2, -0.15) is 13.5 Å². The highest BCUT2D eigenvalue weighted by Crippen LogP contribution is 2.26. The highest BCUT2D eigenvalue weighted by atomic mass is 32.2. The maximum atomic E-state index is 12.5. The predicted octanol–water partition coefficient (Wildman–Crippen LogP) is 2.44. The molecule has 3 aromatic rings. The summed E-state index contributed by atoms with van der Waals surface area (Å²) in [5.74, 6) is -0.757. The summed E-state index contributed by atoms with van der Waals surface area (Å²) in [6.45, 7) is 3.62. The molecule has 3 rings (SSSR count). The largest absolute Gasteiger partial charge is 0.464 e. The van der Waals surface area contributed by atoms with Crippen molar-refractivity contribution in [3.63, 3.8) is 0 Å². The average Bonchev–Trinajstić information content (AvgIpc) is 3.15. The molecule has 24 heavy (non-hydrogen) atoms. The van der Waals surface area contributed by atoms with Gasteiger partial charge >= 0.3 is 5.97 Å². The van der Waals surface area contributed by atoms with Crippen molar-refractivity contribution in [1.82, 2.24) is 10.2 Å². The van der Waals surface area contributed by atoms with Gasteiger partial charge < -0.3 is 9.15 Å². The number of hydrogen-bond acceptors (Lipinski definition) is 6. The van der Waals surface area contributed by atoms with Crippen LogP contribution >= 0.6 is 0 Å². The highest BCUT2D eigenvalue weighted by Gasteiger charge is 2.26. The van der Waals surface area contributed by atoms with Gasteiger partial charge in [-0.15, -0.1) is 0 Å². The van der Waals surface area contributed by atoms with Crippen LogP contribution in [0.3, 0.4) is 0 Å². The van der Waals surface area contributed by atoms with E-state index in [0.29, 0.717) is 11.3 Å². The summed E-state index contributed by atoms with van der Waals surface area (Å²) in [5.41, 5.74) is 1.74. The molecule has 0 amide bonds. The first-order valence-corrected chi connectivity index (χ1v) is 8.62. The second-order valence-electron chi connectivity index (χ2n) is 5.07. The summed E-state index contributed by atoms with van der Waals surface area (Å²) in [5, 5.41) is 6.41. The molecule has 1 aromatic carbocycles. The molecule has 0 saturated carbocycles. The number of aromatic nitrogens is 2. The Hall–Kier alpha value is -2.81. The van der Waals surface area contributed by atoms with Crippen LogP contribution < -0.4 is 4.72 Å². The van der Waals surface area contributed by atoms with Gasteiger partial charge in [0.15, 0.2) is 5.03 Å². The third-order valence-corrected chi connectivity index (χ3v) is 4.74. The number of esters is 1. The van der Waals surface area contributed by atoms with Crippen LogP contribution in [0.15, 0.2) is 40.1 Å². The van der Waals surface area contributed by atoms with Crippen LogP contribution in [-0.2, 0) is 14.8 Å². The van der Waals surface area contributed by atoms with Crippen molar-refractivity contribution in [3.8, 4) is 0 Å². The van der Waals surface area contributed by atoms with Crippen LogP contribution in [0, 0.1) is 6.92 Å². The fourth-order valence-electron chi connectivity index (χ4n) is 2.26. The zero-order chi connectivity index (χ0) is 17.3. The molecular weight excluding hydrogens is 334 g/mol. The number of benzene rings is 1. The van der Waals surface area contributed by atoms with E-state index < -0.39 is 16.0 Å². The molecule has 0 aliphatic carbocycles. The van der Waals surface area contributed by atoms with E-state index in [1.165, 1.54) is 0 Å². The zero-order valence-corrected chi connectivity index (χ0v) is 13.8. The molecular formula is C15H15N3O5S. The Balaban J connectivity index is 1.95. The van der Waals surface area contributed by atoms with Gasteiger partial charge in [0.05, 0.1) is 19.1 Å². The molecule has 2 N–H and O–H groups in total. The van der Waals surface area contributed by atoms with Gasteiger partial charge in [0.2, 0.25) is 0 Å². The smallest absolute Gasteiger partial charge is 0.342 e. The maximum Gasteiger partial charge on any atom is 0.342 e. The van der Waals surface area contributed by atoms with E-state index in [4.69, 9.17) is 9.15 Å². The number of nitrogens with zero attached hydrogens (tertiary/aromatic N) is 1. The fourth-order valence-corrected chi connectivity index (χ4v) is 3.40. The SMILES string of the molecule is CCOC(=O)c1cn[nH]c1S(=O)(=O)Nc1ccc2occ(C)c2c1. The molecule has 126 valence electrons. The third-order valence-electron chi connectivity index (χ3n) is 3.39. The summed E-state index contributed by atoms with van der Waals surface area (Å²) in [4.78, 5) is 11.8. The van der Waals surface area contributed by atoms with E-state index >= 15 is 0 Å². The summed E-state index contributed by atoms with van der Waals surface area (Å²) in [7, 11) is -4.03. The lowest BCUT2D eigenvalue weighted by Gasteiger charge is -2.08. The van der Waals surface area contributed by atoms with Crippen molar-refractivity contribution in [1.29, 1.82) is 0 Å². The van der Waals surface area contributed by atoms with Crippen molar-refractivity contribution in [2.24, 2.45) is 0 Å². The van der Waals surface area contributed by atoms with E-state index in [9.17, 15) is 13.2 Å². The molecule has 9 heteroatoms. The van der Waals surface area contributed by atoms with Gasteiger partial charge in [0.25, 0.3) is 10.0 Å². The quantitative estimate of drug-likeness (QED) is 0.684. The normalized spacial score (nSPS) is 11.6. The number of H-pyrrole nitrogens is 1. The second-order valence-corrected chi connectivity index (χ2v) is 6.69. The maximum absolute atomic E-state index is 12.5. The van der Waals surface area contributed by atoms with Gasteiger partial charge in [-0.3, -0.25) is 9.82 Å². The molecule has 0 aliphatic heterocycles. The molecule has 2 aromatic heterocycles. The number of rotatable bonds is 5. The number of aryl methyl sites for hydroxylation is 1. The first-order valence-electron chi connectivity index (χ1n) is 7.13. The molecule has 0 aliphatic rings. The predicted molar refractivity (Wildman–Crippen MR) is 86.3 cm³/mol. The summed E-state index contributed by atoms with van der Waals surface area (Å²) >= 11 is 0. The monoisotopic (exact) mass is 349 g/mol. The number of furan rings is 1. The van der Waals surface area contributed by atoms with Crippen molar-refractivity contribution in [3.05, 3.63) is 41.8 Å². The van der Waals surface area contributed by atoms with Gasteiger partial charge in [0.1, 0.15) is 11.1 Å². The molecule has 0 bridgehead atoms. The summed E-state index contributed by atoms with van der Waals surface area (Å²) in [6.07, 6.45) is 2.71. The summed E-state index contributed by atoms with van der Waals surface area (Å²) < 4.78 is 37.7. The Morgan fingerprint density at radius 3 is 2.96 bits per heavy atom. The lowest BCUT2D eigenvalue weighted by Crippen LogP contribution is -2.17. The van der Waals surface area contributed by atoms with Crippen molar-refractivity contribution >= 4 is 32.6 Å². The Morgan fingerprint density at radius 1 is 1.42 bits per heavy atom. The van der Waals surface area contributed by atoms with Crippen LogP contribution in [-0.4, -0.2) is 31.2 Å². The average molecular weight is 349 g/mol. The highest BCUT2D eigenvalue weighted by molar-refractivity contribution is 7.92. The lowest BCUT2D eigenvalue weighted by atomic mass is 10.2. The number of carbonyl (C=O) groups excluding carboxylic acids is 1. The van der Waals surface area contributed by atoms with E-state index in [1.807, 2.05) is 6.92 Å². The zero-order valence-electron chi connectivity index (χ0n) is 13.0. The van der Waals surface area contributed by atoms with E-state index in [1.54, 1.807) is 31.4 Å². The number of aromatic amines is 1. The fraction of sp³-hybridized carbons (Fsp3) is 0.200. The van der Waals surface area contributed by atoms with Crippen molar-refractivity contribution < 1.29 is 22.4 Å². The molecule has 0 radical (unpaired) electrons. The Bertz CT molecular complexity index is 1000. The van der Waals surface area contributed by atoms with Gasteiger partial charge in [0, 0.05) is 11.1 Å². The molecule has 0 unspecified atom stereocenters. The first-order chi connectivity index (χ1) is 11.4. The van der Waals surface area contributed by atoms with Crippen molar-refractivity contribution in [2.75, 3.05) is 11.3 Å². The lowest BCUT2D eigenvalue weighted by molar-refractivity contribution is 0.0522. The first kappa shape index (κ1) is 16.1. The summed E-state index contributed by atoms with van der Waals surface area (Å²) in [6, 6.07) is 4.90. The standard InChI is InChI=1S/C15H15N3O5S/c1-3-22-15(19)12-7-16-17-14(12)24(20,21)18-10-4-5-13-11(6-10)9(2)8-23-13/h4-8,18H,3H2,1-2H3,(H,16,17). The molecule has 0 fully saturated rings. The Kier molecular flexibility index (Phi) is 4.02. The topological polar surface area (TPSA) is 114 Å². The van der Waals surface area contributed by atoms with E-state index in [2.05, 4.69) is 14.9 Å². The number of nitrogens with one attached hydrogen (secondary N) is 2. The second kappa shape index (κ2) is 6.00. The number of hydrogen-bond donors (Lipinski definition) is 2. The van der Waals surface area contributed by atoms with Crippen molar-refractivity contribution in [2.45, 2.75) is 18.9 Å². The molecule has 0 atom stereocenters. The number of anilines is 1. The van der Waals surface area contributed by atoms with Crippen LogP contribution in [0.1, 0.15) is 22.8 Å². The van der Waals surface area contributed by atoms with Gasteiger partial charge in [-0.1, -0.05) is 0 Å². The minimum absolute atomic E-state index is 0.132. The van der Waals surface area contributed by atoms with Crippen LogP contribution in [0.2, 0.25) is 0 Å². The molecule has 0 spiro atoms.